The molecule has 1 aliphatic carbocycles. The summed E-state index contributed by atoms with van der Waals surface area (Å²) in [4.78, 5) is 6.50. The second kappa shape index (κ2) is 5.73. The van der Waals surface area contributed by atoms with Crippen molar-refractivity contribution in [3.63, 3.8) is 0 Å². The summed E-state index contributed by atoms with van der Waals surface area (Å²) in [5.74, 6) is 0.618. The molecule has 0 saturated carbocycles. The SMILES string of the molecule is CCNCC1CCCc2sc(-c3cscc3C)nc21. The summed E-state index contributed by atoms with van der Waals surface area (Å²) in [6.07, 6.45) is 3.82. The Morgan fingerprint density at radius 3 is 3.05 bits per heavy atom. The molecule has 0 radical (unpaired) electrons. The van der Waals surface area contributed by atoms with Crippen LogP contribution in [0.4, 0.5) is 0 Å². The number of likely N-dealkylation sites (N-methyl/N-ethyl adjacent to an activating group) is 1. The highest BCUT2D eigenvalue weighted by Gasteiger charge is 2.25. The van der Waals surface area contributed by atoms with Gasteiger partial charge in [-0.3, -0.25) is 0 Å². The fourth-order valence-corrected chi connectivity index (χ4v) is 4.90. The highest BCUT2D eigenvalue weighted by atomic mass is 32.1. The molecule has 2 nitrogen and oxygen atoms in total. The van der Waals surface area contributed by atoms with Crippen LogP contribution in [0.3, 0.4) is 0 Å². The largest absolute Gasteiger partial charge is 0.316 e. The highest BCUT2D eigenvalue weighted by molar-refractivity contribution is 7.15. The number of rotatable bonds is 4. The Balaban J connectivity index is 1.91. The molecule has 19 heavy (non-hydrogen) atoms. The van der Waals surface area contributed by atoms with Crippen LogP contribution in [0, 0.1) is 6.92 Å². The maximum atomic E-state index is 4.97. The first-order valence-corrected chi connectivity index (χ1v) is 8.79. The van der Waals surface area contributed by atoms with Gasteiger partial charge in [-0.15, -0.1) is 11.3 Å². The van der Waals surface area contributed by atoms with Gasteiger partial charge in [-0.2, -0.15) is 11.3 Å². The van der Waals surface area contributed by atoms with Gasteiger partial charge >= 0.3 is 0 Å². The zero-order valence-electron chi connectivity index (χ0n) is 11.5. The Labute approximate surface area is 122 Å². The number of fused-ring (bicyclic) bond motifs is 1. The maximum absolute atomic E-state index is 4.97. The van der Waals surface area contributed by atoms with Crippen molar-refractivity contribution < 1.29 is 0 Å². The van der Waals surface area contributed by atoms with Crippen LogP contribution in [0.1, 0.15) is 41.8 Å². The van der Waals surface area contributed by atoms with E-state index < -0.39 is 0 Å². The molecular formula is C15H20N2S2. The van der Waals surface area contributed by atoms with Crippen molar-refractivity contribution in [1.82, 2.24) is 10.3 Å². The summed E-state index contributed by atoms with van der Waals surface area (Å²) in [7, 11) is 0. The Hall–Kier alpha value is -0.710. The molecule has 0 aliphatic heterocycles. The van der Waals surface area contributed by atoms with Crippen molar-refractivity contribution in [2.45, 2.75) is 39.0 Å². The van der Waals surface area contributed by atoms with Gasteiger partial charge in [0.05, 0.1) is 5.69 Å². The van der Waals surface area contributed by atoms with Crippen LogP contribution in [0.15, 0.2) is 10.8 Å². The topological polar surface area (TPSA) is 24.9 Å². The summed E-state index contributed by atoms with van der Waals surface area (Å²) < 4.78 is 0. The molecule has 2 heterocycles. The second-order valence-corrected chi connectivity index (χ2v) is 7.02. The molecular weight excluding hydrogens is 272 g/mol. The van der Waals surface area contributed by atoms with E-state index in [0.717, 1.165) is 13.1 Å². The fourth-order valence-electron chi connectivity index (χ4n) is 2.72. The van der Waals surface area contributed by atoms with E-state index in [1.54, 1.807) is 11.3 Å². The second-order valence-electron chi connectivity index (χ2n) is 5.19. The summed E-state index contributed by atoms with van der Waals surface area (Å²) in [6.45, 7) is 6.48. The molecule has 2 aromatic heterocycles. The average Bonchev–Trinajstić information content (AvgIpc) is 3.01. The van der Waals surface area contributed by atoms with Crippen molar-refractivity contribution in [3.05, 3.63) is 26.9 Å². The van der Waals surface area contributed by atoms with E-state index in [-0.39, 0.29) is 0 Å². The molecule has 0 aromatic carbocycles. The molecule has 2 aromatic rings. The number of nitrogens with one attached hydrogen (secondary N) is 1. The minimum atomic E-state index is 0.618. The fraction of sp³-hybridized carbons (Fsp3) is 0.533. The molecule has 0 spiro atoms. The van der Waals surface area contributed by atoms with E-state index >= 15 is 0 Å². The quantitative estimate of drug-likeness (QED) is 0.913. The number of thiazole rings is 1. The lowest BCUT2D eigenvalue weighted by Crippen LogP contribution is -2.23. The van der Waals surface area contributed by atoms with E-state index in [1.165, 1.54) is 46.0 Å². The molecule has 0 fully saturated rings. The van der Waals surface area contributed by atoms with Crippen LogP contribution in [0.5, 0.6) is 0 Å². The summed E-state index contributed by atoms with van der Waals surface area (Å²) >= 11 is 3.69. The van der Waals surface area contributed by atoms with Crippen LogP contribution >= 0.6 is 22.7 Å². The molecule has 1 atom stereocenters. The van der Waals surface area contributed by atoms with Crippen LogP contribution in [-0.2, 0) is 6.42 Å². The smallest absolute Gasteiger partial charge is 0.124 e. The van der Waals surface area contributed by atoms with E-state index in [0.29, 0.717) is 5.92 Å². The molecule has 0 saturated heterocycles. The molecule has 102 valence electrons. The van der Waals surface area contributed by atoms with E-state index in [4.69, 9.17) is 4.98 Å². The lowest BCUT2D eigenvalue weighted by atomic mass is 9.91. The van der Waals surface area contributed by atoms with Crippen molar-refractivity contribution in [3.8, 4) is 10.6 Å². The van der Waals surface area contributed by atoms with E-state index in [2.05, 4.69) is 29.9 Å². The molecule has 1 N–H and O–H groups in total. The van der Waals surface area contributed by atoms with E-state index in [1.807, 2.05) is 11.3 Å². The van der Waals surface area contributed by atoms with Crippen molar-refractivity contribution in [2.75, 3.05) is 13.1 Å². The zero-order valence-corrected chi connectivity index (χ0v) is 13.2. The Morgan fingerprint density at radius 2 is 2.32 bits per heavy atom. The average molecular weight is 292 g/mol. The summed E-state index contributed by atoms with van der Waals surface area (Å²) in [5, 5.41) is 9.16. The highest BCUT2D eigenvalue weighted by Crippen LogP contribution is 2.39. The van der Waals surface area contributed by atoms with Gasteiger partial charge in [0.1, 0.15) is 5.01 Å². The van der Waals surface area contributed by atoms with Gasteiger partial charge in [-0.05, 0) is 43.7 Å². The number of nitrogens with zero attached hydrogens (tertiary/aromatic N) is 1. The van der Waals surface area contributed by atoms with Gasteiger partial charge in [0.15, 0.2) is 0 Å². The number of hydrogen-bond donors (Lipinski definition) is 1. The minimum absolute atomic E-state index is 0.618. The molecule has 1 unspecified atom stereocenters. The maximum Gasteiger partial charge on any atom is 0.124 e. The number of thiophene rings is 1. The molecule has 0 bridgehead atoms. The van der Waals surface area contributed by atoms with Gasteiger partial charge in [0.2, 0.25) is 0 Å². The van der Waals surface area contributed by atoms with Gasteiger partial charge < -0.3 is 5.32 Å². The predicted molar refractivity (Wildman–Crippen MR) is 84.4 cm³/mol. The first kappa shape index (κ1) is 13.3. The normalized spacial score (nSPS) is 18.5. The van der Waals surface area contributed by atoms with E-state index in [9.17, 15) is 0 Å². The van der Waals surface area contributed by atoms with Crippen molar-refractivity contribution in [2.24, 2.45) is 0 Å². The molecule has 0 amide bonds. The van der Waals surface area contributed by atoms with Crippen LogP contribution in [0.2, 0.25) is 0 Å². The predicted octanol–water partition coefficient (Wildman–Crippen LogP) is 4.21. The Kier molecular flexibility index (Phi) is 4.01. The van der Waals surface area contributed by atoms with Crippen molar-refractivity contribution in [1.29, 1.82) is 0 Å². The molecule has 3 rings (SSSR count). The van der Waals surface area contributed by atoms with Gasteiger partial charge in [0, 0.05) is 28.3 Å². The lowest BCUT2D eigenvalue weighted by molar-refractivity contribution is 0.509. The van der Waals surface area contributed by atoms with Crippen LogP contribution in [0.25, 0.3) is 10.6 Å². The zero-order chi connectivity index (χ0) is 13.2. The first-order valence-electron chi connectivity index (χ1n) is 7.03. The van der Waals surface area contributed by atoms with Crippen LogP contribution < -0.4 is 5.32 Å². The first-order chi connectivity index (χ1) is 9.29. The summed E-state index contributed by atoms with van der Waals surface area (Å²) in [5.41, 5.74) is 4.07. The number of aromatic nitrogens is 1. The number of aryl methyl sites for hydroxylation is 2. The lowest BCUT2D eigenvalue weighted by Gasteiger charge is -2.21. The third-order valence-electron chi connectivity index (χ3n) is 3.80. The van der Waals surface area contributed by atoms with Gasteiger partial charge in [0.25, 0.3) is 0 Å². The third kappa shape index (κ3) is 2.62. The Morgan fingerprint density at radius 1 is 1.42 bits per heavy atom. The minimum Gasteiger partial charge on any atom is -0.316 e. The monoisotopic (exact) mass is 292 g/mol. The third-order valence-corrected chi connectivity index (χ3v) is 5.82. The number of hydrogen-bond acceptors (Lipinski definition) is 4. The Bertz CT molecular complexity index is 556. The molecule has 4 heteroatoms. The summed E-state index contributed by atoms with van der Waals surface area (Å²) in [6, 6.07) is 0. The van der Waals surface area contributed by atoms with Crippen molar-refractivity contribution >= 4 is 22.7 Å². The van der Waals surface area contributed by atoms with Gasteiger partial charge in [-0.1, -0.05) is 6.92 Å². The standard InChI is InChI=1S/C15H20N2S2/c1-3-16-7-11-5-4-6-13-14(11)17-15(19-13)12-9-18-8-10(12)2/h8-9,11,16H,3-7H2,1-2H3. The van der Waals surface area contributed by atoms with Gasteiger partial charge in [-0.25, -0.2) is 4.98 Å². The molecule has 1 aliphatic rings. The van der Waals surface area contributed by atoms with Crippen LogP contribution in [-0.4, -0.2) is 18.1 Å².